The zero-order chi connectivity index (χ0) is 19.6. The summed E-state index contributed by atoms with van der Waals surface area (Å²) in [6.45, 7) is 6.85. The number of ether oxygens (including phenoxy) is 3. The van der Waals surface area contributed by atoms with Crippen molar-refractivity contribution in [3.05, 3.63) is 23.8 Å². The molecule has 0 amide bonds. The SMILES string of the molecule is COCCCOc1cc(C[C@H](C[C@@H]2NCCC[C@@H]2O)C(C)C)ccc1OC. The van der Waals surface area contributed by atoms with Gasteiger partial charge in [0.15, 0.2) is 11.5 Å². The van der Waals surface area contributed by atoms with Gasteiger partial charge in [-0.2, -0.15) is 0 Å². The molecule has 1 aromatic rings. The average molecular weight is 380 g/mol. The van der Waals surface area contributed by atoms with Crippen LogP contribution in [0.4, 0.5) is 0 Å². The monoisotopic (exact) mass is 379 g/mol. The predicted molar refractivity (Wildman–Crippen MR) is 109 cm³/mol. The van der Waals surface area contributed by atoms with Crippen molar-refractivity contribution in [2.24, 2.45) is 11.8 Å². The van der Waals surface area contributed by atoms with Crippen molar-refractivity contribution in [3.63, 3.8) is 0 Å². The Bertz CT molecular complexity index is 549. The Morgan fingerprint density at radius 1 is 1.19 bits per heavy atom. The molecule has 2 N–H and O–H groups in total. The molecule has 3 atom stereocenters. The highest BCUT2D eigenvalue weighted by molar-refractivity contribution is 5.43. The van der Waals surface area contributed by atoms with Crippen LogP contribution in [-0.4, -0.2) is 51.2 Å². The second kappa shape index (κ2) is 11.5. The van der Waals surface area contributed by atoms with E-state index in [4.69, 9.17) is 14.2 Å². The zero-order valence-corrected chi connectivity index (χ0v) is 17.4. The summed E-state index contributed by atoms with van der Waals surface area (Å²) in [4.78, 5) is 0. The van der Waals surface area contributed by atoms with E-state index in [-0.39, 0.29) is 12.1 Å². The van der Waals surface area contributed by atoms with Gasteiger partial charge in [-0.15, -0.1) is 0 Å². The lowest BCUT2D eigenvalue weighted by Gasteiger charge is -2.33. The molecular formula is C22H37NO4. The fraction of sp³-hybridized carbons (Fsp3) is 0.727. The van der Waals surface area contributed by atoms with E-state index < -0.39 is 0 Å². The van der Waals surface area contributed by atoms with E-state index in [0.717, 1.165) is 50.1 Å². The molecule has 1 heterocycles. The first kappa shape index (κ1) is 22.0. The van der Waals surface area contributed by atoms with E-state index in [1.165, 1.54) is 5.56 Å². The van der Waals surface area contributed by atoms with E-state index in [2.05, 4.69) is 31.3 Å². The maximum Gasteiger partial charge on any atom is 0.161 e. The van der Waals surface area contributed by atoms with Crippen LogP contribution in [0.25, 0.3) is 0 Å². The van der Waals surface area contributed by atoms with Gasteiger partial charge in [0.1, 0.15) is 0 Å². The van der Waals surface area contributed by atoms with E-state index >= 15 is 0 Å². The zero-order valence-electron chi connectivity index (χ0n) is 17.4. The second-order valence-corrected chi connectivity index (χ2v) is 7.89. The van der Waals surface area contributed by atoms with Crippen LogP contribution in [0.2, 0.25) is 0 Å². The molecule has 0 aliphatic carbocycles. The summed E-state index contributed by atoms with van der Waals surface area (Å²) in [6.07, 6.45) is 4.56. The Labute approximate surface area is 164 Å². The number of aliphatic hydroxyl groups is 1. The van der Waals surface area contributed by atoms with Crippen molar-refractivity contribution in [2.75, 3.05) is 34.0 Å². The van der Waals surface area contributed by atoms with E-state index in [1.807, 2.05) is 6.07 Å². The molecule has 0 radical (unpaired) electrons. The molecule has 5 heteroatoms. The third-order valence-electron chi connectivity index (χ3n) is 5.52. The molecule has 2 rings (SSSR count). The van der Waals surface area contributed by atoms with E-state index in [1.54, 1.807) is 14.2 Å². The Morgan fingerprint density at radius 3 is 2.67 bits per heavy atom. The number of nitrogens with one attached hydrogen (secondary N) is 1. The number of rotatable bonds is 11. The highest BCUT2D eigenvalue weighted by Crippen LogP contribution is 2.31. The van der Waals surface area contributed by atoms with Crippen LogP contribution in [0.3, 0.4) is 0 Å². The molecule has 1 saturated heterocycles. The third-order valence-corrected chi connectivity index (χ3v) is 5.52. The fourth-order valence-corrected chi connectivity index (χ4v) is 3.74. The lowest BCUT2D eigenvalue weighted by atomic mass is 9.81. The first-order chi connectivity index (χ1) is 13.0. The predicted octanol–water partition coefficient (Wildman–Crippen LogP) is 3.43. The van der Waals surface area contributed by atoms with Crippen molar-refractivity contribution >= 4 is 0 Å². The number of aliphatic hydroxyl groups excluding tert-OH is 1. The molecule has 0 saturated carbocycles. The van der Waals surface area contributed by atoms with Gasteiger partial charge in [-0.05, 0) is 61.8 Å². The van der Waals surface area contributed by atoms with E-state index in [9.17, 15) is 5.11 Å². The molecule has 0 aromatic heterocycles. The topological polar surface area (TPSA) is 60.0 Å². The van der Waals surface area contributed by atoms with Gasteiger partial charge >= 0.3 is 0 Å². The summed E-state index contributed by atoms with van der Waals surface area (Å²) < 4.78 is 16.5. The molecule has 0 unspecified atom stereocenters. The van der Waals surface area contributed by atoms with E-state index in [0.29, 0.717) is 25.0 Å². The lowest BCUT2D eigenvalue weighted by Crippen LogP contribution is -2.46. The summed E-state index contributed by atoms with van der Waals surface area (Å²) >= 11 is 0. The molecule has 1 aliphatic heterocycles. The lowest BCUT2D eigenvalue weighted by molar-refractivity contribution is 0.0795. The molecule has 5 nitrogen and oxygen atoms in total. The molecule has 1 aliphatic rings. The van der Waals surface area contributed by atoms with Gasteiger partial charge in [-0.25, -0.2) is 0 Å². The van der Waals surface area contributed by atoms with Gasteiger partial charge in [0.05, 0.1) is 19.8 Å². The fourth-order valence-electron chi connectivity index (χ4n) is 3.74. The average Bonchev–Trinajstić information content (AvgIpc) is 2.66. The van der Waals surface area contributed by atoms with Crippen molar-refractivity contribution < 1.29 is 19.3 Å². The maximum atomic E-state index is 10.3. The number of benzene rings is 1. The molecule has 27 heavy (non-hydrogen) atoms. The van der Waals surface area contributed by atoms with Crippen LogP contribution in [0.5, 0.6) is 11.5 Å². The van der Waals surface area contributed by atoms with Crippen LogP contribution in [-0.2, 0) is 11.2 Å². The summed E-state index contributed by atoms with van der Waals surface area (Å²) in [5.74, 6) is 2.62. The van der Waals surface area contributed by atoms with Gasteiger partial charge in [0, 0.05) is 26.2 Å². The molecule has 0 bridgehead atoms. The minimum Gasteiger partial charge on any atom is -0.493 e. The summed E-state index contributed by atoms with van der Waals surface area (Å²) in [5.41, 5.74) is 1.25. The Hall–Kier alpha value is -1.30. The summed E-state index contributed by atoms with van der Waals surface area (Å²) in [6, 6.07) is 6.42. The van der Waals surface area contributed by atoms with Crippen LogP contribution in [0.1, 0.15) is 45.1 Å². The van der Waals surface area contributed by atoms with Gasteiger partial charge in [0.25, 0.3) is 0 Å². The van der Waals surface area contributed by atoms with Crippen LogP contribution in [0, 0.1) is 11.8 Å². The number of methoxy groups -OCH3 is 2. The first-order valence-electron chi connectivity index (χ1n) is 10.2. The summed E-state index contributed by atoms with van der Waals surface area (Å²) in [7, 11) is 3.37. The quantitative estimate of drug-likeness (QED) is 0.577. The molecule has 0 spiro atoms. The van der Waals surface area contributed by atoms with Crippen molar-refractivity contribution in [1.29, 1.82) is 0 Å². The van der Waals surface area contributed by atoms with Crippen LogP contribution in [0.15, 0.2) is 18.2 Å². The Morgan fingerprint density at radius 2 is 2.00 bits per heavy atom. The summed E-state index contributed by atoms with van der Waals surface area (Å²) in [5, 5.41) is 13.8. The number of hydrogen-bond donors (Lipinski definition) is 2. The molecule has 1 fully saturated rings. The number of hydrogen-bond acceptors (Lipinski definition) is 5. The van der Waals surface area contributed by atoms with Gasteiger partial charge in [-0.3, -0.25) is 0 Å². The first-order valence-corrected chi connectivity index (χ1v) is 10.2. The normalized spacial score (nSPS) is 21.3. The largest absolute Gasteiger partial charge is 0.493 e. The van der Waals surface area contributed by atoms with Gasteiger partial charge < -0.3 is 24.6 Å². The maximum absolute atomic E-state index is 10.3. The van der Waals surface area contributed by atoms with Crippen LogP contribution >= 0.6 is 0 Å². The Balaban J connectivity index is 2.03. The van der Waals surface area contributed by atoms with Crippen LogP contribution < -0.4 is 14.8 Å². The molecular weight excluding hydrogens is 342 g/mol. The third kappa shape index (κ3) is 6.98. The molecule has 1 aromatic carbocycles. The molecule has 154 valence electrons. The highest BCUT2D eigenvalue weighted by atomic mass is 16.5. The van der Waals surface area contributed by atoms with Gasteiger partial charge in [0.2, 0.25) is 0 Å². The van der Waals surface area contributed by atoms with Crippen molar-refractivity contribution in [3.8, 4) is 11.5 Å². The Kier molecular flexibility index (Phi) is 9.39. The van der Waals surface area contributed by atoms with Crippen molar-refractivity contribution in [2.45, 2.75) is 58.1 Å². The minimum atomic E-state index is -0.226. The second-order valence-electron chi connectivity index (χ2n) is 7.89. The van der Waals surface area contributed by atoms with Gasteiger partial charge in [-0.1, -0.05) is 19.9 Å². The standard InChI is InChI=1S/C22H37NO4/c1-16(2)18(15-19-20(24)7-5-10-23-19)13-17-8-9-21(26-4)22(14-17)27-12-6-11-25-3/h8-9,14,16,18-20,23-24H,5-7,10-13,15H2,1-4H3/t18-,19+,20+/m1/s1. The smallest absolute Gasteiger partial charge is 0.161 e. The highest BCUT2D eigenvalue weighted by Gasteiger charge is 2.27. The minimum absolute atomic E-state index is 0.203. The van der Waals surface area contributed by atoms with Crippen molar-refractivity contribution in [1.82, 2.24) is 5.32 Å². The number of piperidine rings is 1.